The molecule has 0 radical (unpaired) electrons. The Labute approximate surface area is 300 Å². The van der Waals surface area contributed by atoms with Gasteiger partial charge in [-0.25, -0.2) is 9.13 Å². The third-order valence-electron chi connectivity index (χ3n) is 9.58. The van der Waals surface area contributed by atoms with Crippen LogP contribution in [0.15, 0.2) is 36.4 Å². The van der Waals surface area contributed by atoms with E-state index in [1.807, 2.05) is 0 Å². The van der Waals surface area contributed by atoms with Crippen LogP contribution in [0.3, 0.4) is 0 Å². The highest BCUT2D eigenvalue weighted by atomic mass is 31.2. The molecule has 2 N–H and O–H groups in total. The molecule has 52 heavy (non-hydrogen) atoms. The van der Waals surface area contributed by atoms with Crippen LogP contribution in [0.25, 0.3) is 0 Å². The van der Waals surface area contributed by atoms with Gasteiger partial charge in [0.2, 0.25) is 11.8 Å². The number of nitriles is 2. The van der Waals surface area contributed by atoms with Crippen LogP contribution < -0.4 is 9.47 Å². The maximum absolute atomic E-state index is 13.4. The second kappa shape index (κ2) is 14.2. The Kier molecular flexibility index (Phi) is 10.4. The molecule has 4 heterocycles. The second-order valence-electron chi connectivity index (χ2n) is 14.1. The fraction of sp³-hybridized carbons (Fsp3) is 0.529. The van der Waals surface area contributed by atoms with Crippen LogP contribution in [0, 0.1) is 22.7 Å². The number of rotatable bonds is 11. The van der Waals surface area contributed by atoms with Gasteiger partial charge in [0.25, 0.3) is 0 Å². The Morgan fingerprint density at radius 2 is 1.13 bits per heavy atom. The summed E-state index contributed by atoms with van der Waals surface area (Å²) in [6.45, 7) is 5.86. The first-order valence-electron chi connectivity index (χ1n) is 16.8. The first-order valence-corrected chi connectivity index (χ1v) is 19.8. The van der Waals surface area contributed by atoms with Gasteiger partial charge in [0, 0.05) is 37.1 Å². The predicted molar refractivity (Wildman–Crippen MR) is 180 cm³/mol. The van der Waals surface area contributed by atoms with Gasteiger partial charge in [0.15, 0.2) is 0 Å². The van der Waals surface area contributed by atoms with Gasteiger partial charge in [0.05, 0.1) is 48.6 Å². The summed E-state index contributed by atoms with van der Waals surface area (Å²) in [4.78, 5) is 50.6. The van der Waals surface area contributed by atoms with Gasteiger partial charge in [-0.3, -0.25) is 27.7 Å². The van der Waals surface area contributed by atoms with Gasteiger partial charge in [-0.15, -0.1) is 0 Å². The molecule has 2 saturated heterocycles. The minimum Gasteiger partial charge on any atom is -0.485 e. The first-order chi connectivity index (χ1) is 24.4. The number of carbonyl (C=O) groups excluding carboxylic acids is 2. The zero-order chi connectivity index (χ0) is 37.6. The van der Waals surface area contributed by atoms with Crippen molar-refractivity contribution < 1.29 is 56.1 Å². The molecule has 16 nitrogen and oxygen atoms in total. The molecule has 4 aliphatic heterocycles. The number of nitrogens with zero attached hydrogens (tertiary/aromatic N) is 4. The molecular formula is C34H40N4O12P2. The smallest absolute Gasteiger partial charge is 0.472 e. The zero-order valence-electron chi connectivity index (χ0n) is 29.1. The molecule has 2 amide bonds. The average molecular weight is 759 g/mol. The minimum absolute atomic E-state index is 0.192. The number of phosphoric ester groups is 2. The quantitative estimate of drug-likeness (QED) is 0.232. The molecule has 0 spiro atoms. The van der Waals surface area contributed by atoms with E-state index in [-0.39, 0.29) is 24.7 Å². The van der Waals surface area contributed by atoms with Gasteiger partial charge in [-0.05, 0) is 76.9 Å². The monoisotopic (exact) mass is 758 g/mol. The lowest BCUT2D eigenvalue weighted by molar-refractivity contribution is -0.140. The summed E-state index contributed by atoms with van der Waals surface area (Å²) in [6, 6.07) is 11.8. The maximum atomic E-state index is 13.4. The number of hydrogen-bond donors (Lipinski definition) is 2. The third-order valence-corrected chi connectivity index (χ3v) is 11.6. The molecule has 0 saturated carbocycles. The lowest BCUT2D eigenvalue weighted by Crippen LogP contribution is -2.54. The summed E-state index contributed by atoms with van der Waals surface area (Å²) in [5, 5.41) is 19.1. The number of phosphoric acid groups is 2. The SMILES string of the molecule is CC1(C)Oc2ccc(C#N)cc2C(N2CCCC2=O)C1OP(=O)(O)OCCOP(=O)(O)OC1C(N2CCCC2=O)c2cc(C#N)ccc2OC1(C)C. The lowest BCUT2D eigenvalue weighted by Gasteiger charge is -2.47. The number of fused-ring (bicyclic) bond motifs is 2. The Balaban J connectivity index is 1.15. The van der Waals surface area contributed by atoms with Crippen LogP contribution in [-0.4, -0.2) is 81.1 Å². The first kappa shape index (κ1) is 37.9. The van der Waals surface area contributed by atoms with E-state index in [0.717, 1.165) is 0 Å². The molecular weight excluding hydrogens is 718 g/mol. The van der Waals surface area contributed by atoms with E-state index >= 15 is 0 Å². The van der Waals surface area contributed by atoms with Gasteiger partial charge >= 0.3 is 15.6 Å². The van der Waals surface area contributed by atoms with Crippen LogP contribution >= 0.6 is 15.6 Å². The Bertz CT molecular complexity index is 1800. The van der Waals surface area contributed by atoms with Crippen LogP contribution in [0.2, 0.25) is 0 Å². The van der Waals surface area contributed by atoms with Crippen LogP contribution in [-0.2, 0) is 36.8 Å². The summed E-state index contributed by atoms with van der Waals surface area (Å²) in [5.41, 5.74) is -1.03. The van der Waals surface area contributed by atoms with Crippen molar-refractivity contribution in [1.82, 2.24) is 9.80 Å². The van der Waals surface area contributed by atoms with E-state index in [0.29, 0.717) is 59.7 Å². The van der Waals surface area contributed by atoms with Gasteiger partial charge in [-0.2, -0.15) is 10.5 Å². The van der Waals surface area contributed by atoms with Gasteiger partial charge in [-0.1, -0.05) is 0 Å². The number of likely N-dealkylation sites (tertiary alicyclic amines) is 2. The van der Waals surface area contributed by atoms with Crippen LogP contribution in [0.1, 0.15) is 87.7 Å². The van der Waals surface area contributed by atoms with E-state index in [9.17, 15) is 39.0 Å². The fourth-order valence-electron chi connectivity index (χ4n) is 7.26. The van der Waals surface area contributed by atoms with Crippen molar-refractivity contribution in [3.05, 3.63) is 58.7 Å². The highest BCUT2D eigenvalue weighted by Gasteiger charge is 2.54. The molecule has 18 heteroatoms. The largest absolute Gasteiger partial charge is 0.485 e. The van der Waals surface area contributed by atoms with Crippen LogP contribution in [0.5, 0.6) is 11.5 Å². The van der Waals surface area contributed by atoms with E-state index in [1.54, 1.807) is 64.1 Å². The van der Waals surface area contributed by atoms with Gasteiger partial charge in [0.1, 0.15) is 34.9 Å². The van der Waals surface area contributed by atoms with E-state index in [2.05, 4.69) is 12.1 Å². The highest BCUT2D eigenvalue weighted by molar-refractivity contribution is 7.47. The van der Waals surface area contributed by atoms with Crippen molar-refractivity contribution in [1.29, 1.82) is 10.5 Å². The lowest BCUT2D eigenvalue weighted by atomic mass is 9.85. The highest BCUT2D eigenvalue weighted by Crippen LogP contribution is 2.56. The van der Waals surface area contributed by atoms with Crippen molar-refractivity contribution >= 4 is 27.5 Å². The molecule has 4 aliphatic rings. The molecule has 2 fully saturated rings. The van der Waals surface area contributed by atoms with Crippen LogP contribution in [0.4, 0.5) is 0 Å². The molecule has 278 valence electrons. The second-order valence-corrected chi connectivity index (χ2v) is 16.9. The normalized spacial score (nSPS) is 26.9. The van der Waals surface area contributed by atoms with Crippen molar-refractivity contribution in [2.45, 2.75) is 88.9 Å². The number of amides is 2. The fourth-order valence-corrected chi connectivity index (χ4v) is 9.31. The summed E-state index contributed by atoms with van der Waals surface area (Å²) >= 11 is 0. The molecule has 2 aromatic rings. The molecule has 0 aliphatic carbocycles. The molecule has 0 aromatic heterocycles. The summed E-state index contributed by atoms with van der Waals surface area (Å²) in [6.07, 6.45) is -0.781. The molecule has 6 atom stereocenters. The summed E-state index contributed by atoms with van der Waals surface area (Å²) < 4.78 is 60.7. The Hall–Kier alpha value is -3.82. The Morgan fingerprint density at radius 3 is 1.46 bits per heavy atom. The van der Waals surface area contributed by atoms with Crippen molar-refractivity contribution in [2.75, 3.05) is 26.3 Å². The third kappa shape index (κ3) is 7.63. The van der Waals surface area contributed by atoms with Crippen molar-refractivity contribution in [3.63, 3.8) is 0 Å². The van der Waals surface area contributed by atoms with Crippen molar-refractivity contribution in [3.8, 4) is 23.6 Å². The number of carbonyl (C=O) groups is 2. The summed E-state index contributed by atoms with van der Waals surface area (Å²) in [7, 11) is -9.90. The molecule has 6 rings (SSSR count). The molecule has 6 unspecified atom stereocenters. The number of ether oxygens (including phenoxy) is 2. The number of hydrogen-bond acceptors (Lipinski definition) is 12. The van der Waals surface area contributed by atoms with E-state index < -0.39 is 64.4 Å². The predicted octanol–water partition coefficient (Wildman–Crippen LogP) is 4.80. The zero-order valence-corrected chi connectivity index (χ0v) is 30.9. The Morgan fingerprint density at radius 1 is 0.750 bits per heavy atom. The van der Waals surface area contributed by atoms with Gasteiger partial charge < -0.3 is 29.1 Å². The van der Waals surface area contributed by atoms with E-state index in [1.165, 1.54) is 9.80 Å². The average Bonchev–Trinajstić information content (AvgIpc) is 3.70. The molecule has 2 aromatic carbocycles. The number of benzene rings is 2. The minimum atomic E-state index is -4.95. The maximum Gasteiger partial charge on any atom is 0.472 e. The van der Waals surface area contributed by atoms with E-state index in [4.69, 9.17) is 27.6 Å². The molecule has 0 bridgehead atoms. The summed E-state index contributed by atoms with van der Waals surface area (Å²) in [5.74, 6) is 0.405. The van der Waals surface area contributed by atoms with Crippen molar-refractivity contribution in [2.24, 2.45) is 0 Å². The topological polar surface area (TPSA) is 218 Å². The standard InChI is InChI=1S/C34H40N4O12P2/c1-33(2)31(29(37-13-5-7-27(37)39)23-17-21(19-35)9-11-25(23)47-33)49-51(41,42)45-15-16-46-52(43,44)50-32-30(38-14-6-8-28(38)40)24-18-22(20-36)10-12-26(24)48-34(32,3)4/h9-12,17-18,29-32H,5-8,13-16H2,1-4H3,(H,41,42)(H,43,44).